The molecule has 2 aliphatic rings. The Bertz CT molecular complexity index is 4460. The lowest BCUT2D eigenvalue weighted by Gasteiger charge is -2.25. The number of alkyl halides is 7. The number of halogens is 7. The second-order valence-corrected chi connectivity index (χ2v) is 22.9. The number of oxazole rings is 2. The van der Waals surface area contributed by atoms with Crippen LogP contribution >= 0.6 is 0 Å². The van der Waals surface area contributed by atoms with E-state index in [9.17, 15) is 48.9 Å². The Balaban J connectivity index is 1.27. The largest absolute Gasteiger partial charge is 0.743 e. The van der Waals surface area contributed by atoms with E-state index in [0.717, 1.165) is 6.07 Å². The van der Waals surface area contributed by atoms with Crippen molar-refractivity contribution in [1.29, 1.82) is 10.5 Å². The van der Waals surface area contributed by atoms with Gasteiger partial charge in [0.1, 0.15) is 63.1 Å². The molecular weight excluding hydrogens is 1130 g/mol. The quantitative estimate of drug-likeness (QED) is 0.0677. The van der Waals surface area contributed by atoms with Crippen molar-refractivity contribution in [1.82, 2.24) is 23.1 Å². The van der Waals surface area contributed by atoms with Crippen molar-refractivity contribution in [2.45, 2.75) is 35.8 Å². The topological polar surface area (TPSA) is 270 Å². The molecule has 9 aromatic rings. The molecule has 5 aromatic carbocycles. The lowest BCUT2D eigenvalue weighted by Crippen LogP contribution is -2.58. The number of rotatable bonds is 13. The van der Waals surface area contributed by atoms with E-state index < -0.39 is 76.5 Å². The van der Waals surface area contributed by atoms with Crippen LogP contribution in [0.2, 0.25) is 0 Å². The van der Waals surface area contributed by atoms with E-state index in [1.807, 2.05) is 0 Å². The fourth-order valence-corrected chi connectivity index (χ4v) is 12.6. The minimum atomic E-state index is -7.80. The fourth-order valence-electron chi connectivity index (χ4n) is 8.97. The smallest absolute Gasteiger partial charge is 0.503 e. The molecule has 11 rings (SSSR count). The van der Waals surface area contributed by atoms with Gasteiger partial charge in [0.25, 0.3) is 10.0 Å². The van der Waals surface area contributed by atoms with Gasteiger partial charge in [-0.25, -0.2) is 26.8 Å². The first-order valence-electron chi connectivity index (χ1n) is 22.9. The van der Waals surface area contributed by atoms with Gasteiger partial charge in [0.2, 0.25) is 11.8 Å². The molecule has 4 aromatic heterocycles. The molecule has 0 aliphatic carbocycles. The summed E-state index contributed by atoms with van der Waals surface area (Å²) >= 11 is 0. The Labute approximate surface area is 445 Å². The van der Waals surface area contributed by atoms with E-state index in [1.54, 1.807) is 98.8 Å². The summed E-state index contributed by atoms with van der Waals surface area (Å²) in [6.07, 6.45) is 0. The number of nitriles is 2. The van der Waals surface area contributed by atoms with Gasteiger partial charge in [0.05, 0.1) is 16.4 Å². The number of para-hydroxylation sites is 8. The normalized spacial score (nSPS) is 14.8. The summed E-state index contributed by atoms with van der Waals surface area (Å²) in [5.41, 5.74) is -6.94. The van der Waals surface area contributed by atoms with Gasteiger partial charge >= 0.3 is 50.7 Å². The number of hydrogen-bond acceptors (Lipinski definition) is 17. The van der Waals surface area contributed by atoms with Crippen LogP contribution in [0.5, 0.6) is 28.7 Å². The lowest BCUT2D eigenvalue weighted by molar-refractivity contribution is -0.101. The number of benzene rings is 5. The van der Waals surface area contributed by atoms with E-state index in [-0.39, 0.29) is 107 Å². The highest BCUT2D eigenvalue weighted by atomic mass is 32.3. The number of hydrogen-bond donors (Lipinski definition) is 1. The first kappa shape index (κ1) is 53.1. The van der Waals surface area contributed by atoms with Crippen molar-refractivity contribution in [3.63, 3.8) is 0 Å². The van der Waals surface area contributed by atoms with Crippen molar-refractivity contribution >= 4 is 88.8 Å². The molecule has 406 valence electrons. The van der Waals surface area contributed by atoms with Crippen molar-refractivity contribution in [3.05, 3.63) is 150 Å². The highest BCUT2D eigenvalue weighted by molar-refractivity contribution is 8.06. The van der Waals surface area contributed by atoms with Gasteiger partial charge < -0.3 is 40.6 Å². The van der Waals surface area contributed by atoms with Gasteiger partial charge in [0.15, 0.2) is 11.2 Å². The average Bonchev–Trinajstić information content (AvgIpc) is 4.45. The second kappa shape index (κ2) is 18.6. The fraction of sp³-hybridized carbons (Fsp3) is 0.125. The summed E-state index contributed by atoms with van der Waals surface area (Å²) in [5.74, 6) is -2.00. The maximum atomic E-state index is 15.7. The number of nitrogens with zero attached hydrogens (tertiary/aromatic N) is 6. The summed E-state index contributed by atoms with van der Waals surface area (Å²) < 4.78 is 221. The Morgan fingerprint density at radius 2 is 1.05 bits per heavy atom. The van der Waals surface area contributed by atoms with Crippen LogP contribution in [0.1, 0.15) is 37.2 Å². The summed E-state index contributed by atoms with van der Waals surface area (Å²) in [6, 6.07) is 33.2. The molecule has 0 radical (unpaired) electrons. The first-order chi connectivity index (χ1) is 37.8. The molecule has 32 heteroatoms. The molecule has 6 heterocycles. The van der Waals surface area contributed by atoms with Crippen LogP contribution in [0.15, 0.2) is 130 Å². The molecule has 0 fully saturated rings. The number of nitrogens with one attached hydrogen (secondary N) is 1. The van der Waals surface area contributed by atoms with Gasteiger partial charge in [-0.1, -0.05) is 78.6 Å². The minimum absolute atomic E-state index is 0.0237. The van der Waals surface area contributed by atoms with Crippen molar-refractivity contribution < 1.29 is 87.6 Å². The van der Waals surface area contributed by atoms with Gasteiger partial charge in [-0.2, -0.15) is 49.7 Å². The van der Waals surface area contributed by atoms with Crippen LogP contribution in [0, 0.1) is 22.7 Å². The molecule has 20 nitrogen and oxygen atoms in total. The van der Waals surface area contributed by atoms with Gasteiger partial charge in [-0.15, -0.1) is 0 Å². The van der Waals surface area contributed by atoms with Crippen LogP contribution in [-0.2, 0) is 30.2 Å². The molecule has 0 spiro atoms. The van der Waals surface area contributed by atoms with E-state index in [0.29, 0.717) is 12.1 Å². The Kier molecular flexibility index (Phi) is 12.3. The van der Waals surface area contributed by atoms with E-state index in [2.05, 4.69) is 26.3 Å². The second-order valence-electron chi connectivity index (χ2n) is 17.6. The SMILES string of the molecule is CC(C)c1c2/c(=C(\C#N)c3nc4ccccc4o3)n(B3Oc4ccccc4O3)c(-c3cccc(OS(=O)(=O)C(F)(F)C(F)(F)S(=O)(=O)NS(=O)(=O)C(F)(F)F)c3)c2/c(=C(\C#N)c2nc3ccccc3o2)n1B1Oc2ccccc2O1. The third-order valence-electron chi connectivity index (χ3n) is 12.3. The summed E-state index contributed by atoms with van der Waals surface area (Å²) in [7, 11) is -25.9. The summed E-state index contributed by atoms with van der Waals surface area (Å²) in [4.78, 5) is 9.24. The van der Waals surface area contributed by atoms with E-state index in [1.165, 1.54) is 27.2 Å². The first-order valence-corrected chi connectivity index (χ1v) is 27.2. The standard InChI is InChI=1S/C48H28B2F7N7O13S3/c1-25(2)40-38-39(43(63(40)49-73-34-18-7-8-19-35(34)74-49)29(24-59)45-61-31-15-4-6-17-33(31)72-45)41(26-12-11-13-27(22-26)77-80(69,70)47(53,54)46(51,52)78(65,66)62-79(67,68)48(55,56)57)64(50-75-36-20-9-10-21-37(36)76-50)42(38)28(23-58)44-60-30-14-3-5-16-32(30)71-44/h3-22,25,62H,1-2H3/b42-28-,43-29-. The zero-order chi connectivity index (χ0) is 57.1. The number of aromatic nitrogens is 4. The van der Waals surface area contributed by atoms with Gasteiger partial charge in [-0.05, 0) is 66.6 Å². The predicted octanol–water partition coefficient (Wildman–Crippen LogP) is 7.23. The Morgan fingerprint density at radius 1 is 0.600 bits per heavy atom. The molecule has 80 heavy (non-hydrogen) atoms. The van der Waals surface area contributed by atoms with Gasteiger partial charge in [-0.3, -0.25) is 0 Å². The average molecular weight is 1160 g/mol. The monoisotopic (exact) mass is 1160 g/mol. The Hall–Kier alpha value is -8.97. The lowest BCUT2D eigenvalue weighted by atomic mass is 10.0. The third kappa shape index (κ3) is 8.31. The van der Waals surface area contributed by atoms with E-state index in [4.69, 9.17) is 27.5 Å². The number of sulfonamides is 2. The molecule has 1 N–H and O–H groups in total. The number of fused-ring (bicyclic) bond motifs is 5. The molecule has 0 saturated carbocycles. The third-order valence-corrected chi connectivity index (χ3v) is 17.0. The van der Waals surface area contributed by atoms with Gasteiger partial charge in [0, 0.05) is 22.0 Å². The van der Waals surface area contributed by atoms with Crippen LogP contribution in [0.25, 0.3) is 55.4 Å². The van der Waals surface area contributed by atoms with Crippen LogP contribution in [0.4, 0.5) is 30.7 Å². The minimum Gasteiger partial charge on any atom is -0.503 e. The molecule has 2 aliphatic heterocycles. The van der Waals surface area contributed by atoms with Crippen molar-refractivity contribution in [2.24, 2.45) is 0 Å². The molecule has 0 bridgehead atoms. The molecule has 0 amide bonds. The maximum absolute atomic E-state index is 15.7. The summed E-state index contributed by atoms with van der Waals surface area (Å²) in [6.45, 7) is 3.44. The van der Waals surface area contributed by atoms with E-state index >= 15 is 17.6 Å². The molecular formula is C48H28B2F7N7O13S3. The highest BCUT2D eigenvalue weighted by Crippen LogP contribution is 2.46. The van der Waals surface area contributed by atoms with Crippen molar-refractivity contribution in [3.8, 4) is 52.1 Å². The zero-order valence-corrected chi connectivity index (χ0v) is 42.6. The summed E-state index contributed by atoms with van der Waals surface area (Å²) in [5, 5.41) is 8.22. The highest BCUT2D eigenvalue weighted by Gasteiger charge is 2.76. The van der Waals surface area contributed by atoms with Crippen LogP contribution in [-0.4, -0.2) is 74.7 Å². The van der Waals surface area contributed by atoms with Crippen molar-refractivity contribution in [2.75, 3.05) is 0 Å². The zero-order valence-electron chi connectivity index (χ0n) is 40.1. The van der Waals surface area contributed by atoms with Crippen LogP contribution < -0.4 is 37.6 Å². The predicted molar refractivity (Wildman–Crippen MR) is 267 cm³/mol. The maximum Gasteiger partial charge on any atom is 0.743 e. The molecule has 0 atom stereocenters. The molecule has 0 saturated heterocycles. The Morgan fingerprint density at radius 3 is 1.50 bits per heavy atom. The van der Waals surface area contributed by atoms with Crippen LogP contribution in [0.3, 0.4) is 0 Å². The molecule has 0 unspecified atom stereocenters.